The standard InChI is InChI=1S/C15H18N2/c1-2-10-9-13(10)15(3-1)17-12-4-5-14-11(8-12)6-7-16-14/h4-8,10,13,15-17H,1-3,9H2/t10-,13+,15?/m0/s1. The topological polar surface area (TPSA) is 27.8 Å². The van der Waals surface area contributed by atoms with Crippen molar-refractivity contribution in [1.29, 1.82) is 0 Å². The number of nitrogens with one attached hydrogen (secondary N) is 2. The van der Waals surface area contributed by atoms with Crippen LogP contribution in [0.25, 0.3) is 10.9 Å². The quantitative estimate of drug-likeness (QED) is 0.801. The predicted octanol–water partition coefficient (Wildman–Crippen LogP) is 3.77. The van der Waals surface area contributed by atoms with E-state index in [1.54, 1.807) is 0 Å². The summed E-state index contributed by atoms with van der Waals surface area (Å²) in [6, 6.07) is 9.50. The van der Waals surface area contributed by atoms with Crippen LogP contribution in [0.1, 0.15) is 25.7 Å². The lowest BCUT2D eigenvalue weighted by atomic mass is 9.95. The molecule has 2 fully saturated rings. The van der Waals surface area contributed by atoms with Crippen LogP contribution < -0.4 is 5.32 Å². The molecular weight excluding hydrogens is 208 g/mol. The zero-order valence-corrected chi connectivity index (χ0v) is 9.95. The molecule has 17 heavy (non-hydrogen) atoms. The first-order valence-corrected chi connectivity index (χ1v) is 6.74. The first-order chi connectivity index (χ1) is 8.40. The van der Waals surface area contributed by atoms with Gasteiger partial charge >= 0.3 is 0 Å². The van der Waals surface area contributed by atoms with E-state index in [0.717, 1.165) is 17.9 Å². The lowest BCUT2D eigenvalue weighted by molar-refractivity contribution is 0.440. The fourth-order valence-corrected chi connectivity index (χ4v) is 3.45. The maximum atomic E-state index is 3.74. The highest BCUT2D eigenvalue weighted by Crippen LogP contribution is 2.50. The summed E-state index contributed by atoms with van der Waals surface area (Å²) in [5.74, 6) is 2.00. The molecule has 2 aromatic rings. The Labute approximate surface area is 101 Å². The summed E-state index contributed by atoms with van der Waals surface area (Å²) in [4.78, 5) is 3.24. The van der Waals surface area contributed by atoms with E-state index in [2.05, 4.69) is 34.6 Å². The highest BCUT2D eigenvalue weighted by Gasteiger charge is 2.44. The van der Waals surface area contributed by atoms with Gasteiger partial charge in [-0.25, -0.2) is 0 Å². The van der Waals surface area contributed by atoms with Crippen molar-refractivity contribution in [1.82, 2.24) is 4.98 Å². The molecule has 2 saturated carbocycles. The summed E-state index contributed by atoms with van der Waals surface area (Å²) in [7, 11) is 0. The molecule has 0 amide bonds. The SMILES string of the molecule is c1cc2cc(NC3CCC[C@H]4C[C@@H]34)ccc2[nH]1. The number of fused-ring (bicyclic) bond motifs is 2. The van der Waals surface area contributed by atoms with Crippen molar-refractivity contribution in [3.8, 4) is 0 Å². The maximum Gasteiger partial charge on any atom is 0.0455 e. The van der Waals surface area contributed by atoms with Gasteiger partial charge in [0.15, 0.2) is 0 Å². The number of aromatic amines is 1. The number of rotatable bonds is 2. The Morgan fingerprint density at radius 1 is 1.18 bits per heavy atom. The molecule has 2 heteroatoms. The smallest absolute Gasteiger partial charge is 0.0455 e. The second kappa shape index (κ2) is 3.52. The summed E-state index contributed by atoms with van der Waals surface area (Å²) in [5, 5.41) is 5.04. The molecule has 2 aliphatic rings. The number of H-pyrrole nitrogens is 1. The van der Waals surface area contributed by atoms with Crippen LogP contribution in [0.5, 0.6) is 0 Å². The van der Waals surface area contributed by atoms with Crippen molar-refractivity contribution >= 4 is 16.6 Å². The van der Waals surface area contributed by atoms with Gasteiger partial charge in [0.05, 0.1) is 0 Å². The number of aromatic nitrogens is 1. The second-order valence-electron chi connectivity index (χ2n) is 5.62. The lowest BCUT2D eigenvalue weighted by Gasteiger charge is -2.23. The molecule has 0 bridgehead atoms. The summed E-state index contributed by atoms with van der Waals surface area (Å²) in [6.07, 6.45) is 7.70. The van der Waals surface area contributed by atoms with Crippen molar-refractivity contribution in [2.24, 2.45) is 11.8 Å². The van der Waals surface area contributed by atoms with Crippen LogP contribution in [-0.2, 0) is 0 Å². The first-order valence-electron chi connectivity index (χ1n) is 6.74. The second-order valence-corrected chi connectivity index (χ2v) is 5.62. The third kappa shape index (κ3) is 1.63. The number of anilines is 1. The average Bonchev–Trinajstić information content (AvgIpc) is 3.00. The summed E-state index contributed by atoms with van der Waals surface area (Å²) >= 11 is 0. The number of hydrogen-bond acceptors (Lipinski definition) is 1. The minimum atomic E-state index is 0.727. The number of hydrogen-bond donors (Lipinski definition) is 2. The normalized spacial score (nSPS) is 31.2. The summed E-state index contributed by atoms with van der Waals surface area (Å²) < 4.78 is 0. The molecule has 0 radical (unpaired) electrons. The molecule has 0 saturated heterocycles. The fraction of sp³-hybridized carbons (Fsp3) is 0.467. The van der Waals surface area contributed by atoms with E-state index in [1.807, 2.05) is 6.20 Å². The molecule has 4 rings (SSSR count). The monoisotopic (exact) mass is 226 g/mol. The van der Waals surface area contributed by atoms with Gasteiger partial charge in [0, 0.05) is 28.8 Å². The van der Waals surface area contributed by atoms with E-state index in [0.29, 0.717) is 0 Å². The molecule has 1 aromatic carbocycles. The highest BCUT2D eigenvalue weighted by atomic mass is 14.9. The van der Waals surface area contributed by atoms with Gasteiger partial charge < -0.3 is 10.3 Å². The van der Waals surface area contributed by atoms with Gasteiger partial charge in [-0.15, -0.1) is 0 Å². The molecule has 1 heterocycles. The van der Waals surface area contributed by atoms with Gasteiger partial charge in [-0.3, -0.25) is 0 Å². The zero-order chi connectivity index (χ0) is 11.2. The van der Waals surface area contributed by atoms with Crippen LogP contribution in [0, 0.1) is 11.8 Å². The van der Waals surface area contributed by atoms with E-state index in [4.69, 9.17) is 0 Å². The van der Waals surface area contributed by atoms with Crippen molar-refractivity contribution in [2.45, 2.75) is 31.7 Å². The lowest BCUT2D eigenvalue weighted by Crippen LogP contribution is -2.25. The van der Waals surface area contributed by atoms with Crippen LogP contribution >= 0.6 is 0 Å². The molecule has 1 aromatic heterocycles. The molecule has 0 aliphatic heterocycles. The maximum absolute atomic E-state index is 3.74. The zero-order valence-electron chi connectivity index (χ0n) is 9.95. The number of benzene rings is 1. The van der Waals surface area contributed by atoms with Gasteiger partial charge in [0.1, 0.15) is 0 Å². The molecule has 2 nitrogen and oxygen atoms in total. The molecular formula is C15H18N2. The minimum absolute atomic E-state index is 0.727. The minimum Gasteiger partial charge on any atom is -0.382 e. The average molecular weight is 226 g/mol. The Morgan fingerprint density at radius 3 is 3.18 bits per heavy atom. The van der Waals surface area contributed by atoms with Gasteiger partial charge in [0.25, 0.3) is 0 Å². The molecule has 2 aliphatic carbocycles. The van der Waals surface area contributed by atoms with E-state index in [9.17, 15) is 0 Å². The Balaban J connectivity index is 1.57. The van der Waals surface area contributed by atoms with Crippen LogP contribution in [0.15, 0.2) is 30.5 Å². The first kappa shape index (κ1) is 9.58. The van der Waals surface area contributed by atoms with Crippen molar-refractivity contribution < 1.29 is 0 Å². The van der Waals surface area contributed by atoms with Gasteiger partial charge in [-0.1, -0.05) is 12.8 Å². The molecule has 2 N–H and O–H groups in total. The van der Waals surface area contributed by atoms with E-state index in [1.165, 1.54) is 42.3 Å². The van der Waals surface area contributed by atoms with Crippen molar-refractivity contribution in [3.63, 3.8) is 0 Å². The molecule has 3 atom stereocenters. The van der Waals surface area contributed by atoms with Gasteiger partial charge in [0.2, 0.25) is 0 Å². The van der Waals surface area contributed by atoms with Crippen LogP contribution in [0.3, 0.4) is 0 Å². The van der Waals surface area contributed by atoms with Crippen molar-refractivity contribution in [2.75, 3.05) is 5.32 Å². The van der Waals surface area contributed by atoms with Gasteiger partial charge in [-0.2, -0.15) is 0 Å². The third-order valence-electron chi connectivity index (χ3n) is 4.49. The predicted molar refractivity (Wildman–Crippen MR) is 71.2 cm³/mol. The highest BCUT2D eigenvalue weighted by molar-refractivity contribution is 5.83. The Hall–Kier alpha value is -1.44. The van der Waals surface area contributed by atoms with Gasteiger partial charge in [-0.05, 0) is 48.9 Å². The van der Waals surface area contributed by atoms with E-state index < -0.39 is 0 Å². The van der Waals surface area contributed by atoms with Crippen LogP contribution in [-0.4, -0.2) is 11.0 Å². The molecule has 1 unspecified atom stereocenters. The Morgan fingerprint density at radius 2 is 2.18 bits per heavy atom. The summed E-state index contributed by atoms with van der Waals surface area (Å²) in [6.45, 7) is 0. The molecule has 0 spiro atoms. The Bertz CT molecular complexity index is 543. The van der Waals surface area contributed by atoms with E-state index in [-0.39, 0.29) is 0 Å². The third-order valence-corrected chi connectivity index (χ3v) is 4.49. The van der Waals surface area contributed by atoms with Crippen molar-refractivity contribution in [3.05, 3.63) is 30.5 Å². The van der Waals surface area contributed by atoms with Crippen LogP contribution in [0.2, 0.25) is 0 Å². The molecule has 88 valence electrons. The largest absolute Gasteiger partial charge is 0.382 e. The fourth-order valence-electron chi connectivity index (χ4n) is 3.45. The van der Waals surface area contributed by atoms with Crippen LogP contribution in [0.4, 0.5) is 5.69 Å². The summed E-state index contributed by atoms with van der Waals surface area (Å²) in [5.41, 5.74) is 2.51. The Kier molecular flexibility index (Phi) is 1.99. The van der Waals surface area contributed by atoms with E-state index >= 15 is 0 Å².